The maximum Gasteiger partial charge on any atom is 0.241 e. The summed E-state index contributed by atoms with van der Waals surface area (Å²) in [6, 6.07) is 0.468. The molecule has 1 saturated carbocycles. The number of halogens is 1. The van der Waals surface area contributed by atoms with E-state index in [1.165, 1.54) is 0 Å². The van der Waals surface area contributed by atoms with Crippen molar-refractivity contribution in [3.05, 3.63) is 17.0 Å². The van der Waals surface area contributed by atoms with Gasteiger partial charge in [-0.2, -0.15) is 0 Å². The first-order valence-electron chi connectivity index (χ1n) is 7.14. The molecule has 124 valence electrons. The zero-order valence-electron chi connectivity index (χ0n) is 13.5. The number of aromatic nitrogens is 1. The molecule has 2 N–H and O–H groups in total. The summed E-state index contributed by atoms with van der Waals surface area (Å²) >= 11 is 0. The Morgan fingerprint density at radius 3 is 2.59 bits per heavy atom. The monoisotopic (exact) mass is 421 g/mol. The van der Waals surface area contributed by atoms with Gasteiger partial charge in [0.25, 0.3) is 0 Å². The number of amides is 1. The van der Waals surface area contributed by atoms with Gasteiger partial charge in [-0.05, 0) is 26.7 Å². The molecule has 1 aliphatic carbocycles. The van der Waals surface area contributed by atoms with Crippen molar-refractivity contribution in [3.63, 3.8) is 0 Å². The second kappa shape index (κ2) is 8.35. The Labute approximate surface area is 147 Å². The predicted octanol–water partition coefficient (Wildman–Crippen LogP) is 1.20. The van der Waals surface area contributed by atoms with Gasteiger partial charge in [0.1, 0.15) is 5.76 Å². The molecular weight excluding hydrogens is 397 g/mol. The van der Waals surface area contributed by atoms with Gasteiger partial charge in [-0.1, -0.05) is 5.16 Å². The quantitative estimate of drug-likeness (QED) is 0.424. The lowest BCUT2D eigenvalue weighted by Gasteiger charge is -2.14. The van der Waals surface area contributed by atoms with Gasteiger partial charge in [0.05, 0.1) is 18.8 Å². The van der Waals surface area contributed by atoms with E-state index >= 15 is 0 Å². The third-order valence-corrected chi connectivity index (χ3v) is 3.40. The van der Waals surface area contributed by atoms with Gasteiger partial charge in [0.2, 0.25) is 5.91 Å². The largest absolute Gasteiger partial charge is 0.361 e. The summed E-state index contributed by atoms with van der Waals surface area (Å²) in [6.07, 6.45) is 2.29. The van der Waals surface area contributed by atoms with Crippen LogP contribution in [0.25, 0.3) is 0 Å². The summed E-state index contributed by atoms with van der Waals surface area (Å²) in [5, 5.41) is 10.3. The summed E-state index contributed by atoms with van der Waals surface area (Å²) < 4.78 is 5.13. The predicted molar refractivity (Wildman–Crippen MR) is 95.4 cm³/mol. The number of nitrogens with one attached hydrogen (secondary N) is 2. The van der Waals surface area contributed by atoms with Crippen molar-refractivity contribution in [1.82, 2.24) is 20.7 Å². The van der Waals surface area contributed by atoms with Crippen LogP contribution in [0.3, 0.4) is 0 Å². The number of aryl methyl sites for hydroxylation is 2. The first-order valence-corrected chi connectivity index (χ1v) is 7.14. The Bertz CT molecular complexity index is 518. The third-order valence-electron chi connectivity index (χ3n) is 3.40. The van der Waals surface area contributed by atoms with Crippen LogP contribution >= 0.6 is 24.0 Å². The van der Waals surface area contributed by atoms with E-state index in [9.17, 15) is 4.79 Å². The Balaban J connectivity index is 0.00000242. The molecule has 1 fully saturated rings. The van der Waals surface area contributed by atoms with Gasteiger partial charge in [-0.15, -0.1) is 24.0 Å². The molecule has 0 spiro atoms. The lowest BCUT2D eigenvalue weighted by molar-refractivity contribution is -0.127. The van der Waals surface area contributed by atoms with Crippen molar-refractivity contribution in [3.8, 4) is 0 Å². The van der Waals surface area contributed by atoms with E-state index in [0.29, 0.717) is 18.5 Å². The SMILES string of the molecule is Cc1noc(C)c1CN=C(NCC(=O)N(C)C)NC1CC1.I. The Hall–Kier alpha value is -1.32. The molecule has 22 heavy (non-hydrogen) atoms. The number of carbonyl (C=O) groups excluding carboxylic acids is 1. The molecular formula is C14H24IN5O2. The lowest BCUT2D eigenvalue weighted by atomic mass is 10.2. The van der Waals surface area contributed by atoms with Crippen molar-refractivity contribution >= 4 is 35.8 Å². The number of aliphatic imine (C=N–C) groups is 1. The molecule has 7 nitrogen and oxygen atoms in total. The van der Waals surface area contributed by atoms with Crippen LogP contribution in [0.15, 0.2) is 9.52 Å². The van der Waals surface area contributed by atoms with Crippen molar-refractivity contribution < 1.29 is 9.32 Å². The fourth-order valence-electron chi connectivity index (χ4n) is 1.78. The van der Waals surface area contributed by atoms with Crippen LogP contribution in [-0.2, 0) is 11.3 Å². The van der Waals surface area contributed by atoms with E-state index in [2.05, 4.69) is 20.8 Å². The van der Waals surface area contributed by atoms with Gasteiger partial charge in [0, 0.05) is 25.7 Å². The van der Waals surface area contributed by atoms with Crippen LogP contribution < -0.4 is 10.6 Å². The van der Waals surface area contributed by atoms with Crippen molar-refractivity contribution in [2.24, 2.45) is 4.99 Å². The number of rotatable bonds is 5. The zero-order valence-corrected chi connectivity index (χ0v) is 15.8. The average molecular weight is 421 g/mol. The number of hydrogen-bond acceptors (Lipinski definition) is 4. The van der Waals surface area contributed by atoms with Gasteiger partial charge in [-0.25, -0.2) is 4.99 Å². The summed E-state index contributed by atoms with van der Waals surface area (Å²) in [7, 11) is 3.47. The minimum atomic E-state index is 0. The van der Waals surface area contributed by atoms with E-state index in [4.69, 9.17) is 4.52 Å². The molecule has 0 unspecified atom stereocenters. The summed E-state index contributed by atoms with van der Waals surface area (Å²) in [5.41, 5.74) is 1.84. The molecule has 0 bridgehead atoms. The molecule has 0 atom stereocenters. The molecule has 1 aliphatic rings. The van der Waals surface area contributed by atoms with Gasteiger partial charge in [-0.3, -0.25) is 4.79 Å². The fourth-order valence-corrected chi connectivity index (χ4v) is 1.78. The summed E-state index contributed by atoms with van der Waals surface area (Å²) in [4.78, 5) is 17.7. The highest BCUT2D eigenvalue weighted by Crippen LogP contribution is 2.18. The molecule has 1 aromatic heterocycles. The summed E-state index contributed by atoms with van der Waals surface area (Å²) in [5.74, 6) is 1.46. The topological polar surface area (TPSA) is 82.8 Å². The van der Waals surface area contributed by atoms with Crippen molar-refractivity contribution in [1.29, 1.82) is 0 Å². The minimum absolute atomic E-state index is 0. The first kappa shape index (κ1) is 18.7. The highest BCUT2D eigenvalue weighted by Gasteiger charge is 2.22. The number of likely N-dealkylation sites (N-methyl/N-ethyl adjacent to an activating group) is 1. The second-order valence-corrected chi connectivity index (χ2v) is 5.53. The van der Waals surface area contributed by atoms with Crippen LogP contribution in [0, 0.1) is 13.8 Å². The number of hydrogen-bond donors (Lipinski definition) is 2. The fraction of sp³-hybridized carbons (Fsp3) is 0.643. The molecule has 1 aromatic rings. The zero-order chi connectivity index (χ0) is 15.4. The standard InChI is InChI=1S/C14H23N5O2.HI/c1-9-12(10(2)21-18-9)7-15-14(17-11-5-6-11)16-8-13(20)19(3)4;/h11H,5-8H2,1-4H3,(H2,15,16,17);1H. The van der Waals surface area contributed by atoms with Gasteiger partial charge >= 0.3 is 0 Å². The molecule has 0 saturated heterocycles. The van der Waals surface area contributed by atoms with E-state index in [0.717, 1.165) is 29.9 Å². The maximum atomic E-state index is 11.6. The van der Waals surface area contributed by atoms with Crippen molar-refractivity contribution in [2.75, 3.05) is 20.6 Å². The average Bonchev–Trinajstić information content (AvgIpc) is 3.19. The number of nitrogens with zero attached hydrogens (tertiary/aromatic N) is 3. The Morgan fingerprint density at radius 1 is 1.41 bits per heavy atom. The lowest BCUT2D eigenvalue weighted by Crippen LogP contribution is -2.43. The van der Waals surface area contributed by atoms with Gasteiger partial charge in [0.15, 0.2) is 5.96 Å². The van der Waals surface area contributed by atoms with E-state index in [1.807, 2.05) is 13.8 Å². The molecule has 8 heteroatoms. The second-order valence-electron chi connectivity index (χ2n) is 5.53. The molecule has 0 radical (unpaired) electrons. The highest BCUT2D eigenvalue weighted by atomic mass is 127. The Morgan fingerprint density at radius 2 is 2.09 bits per heavy atom. The van der Waals surface area contributed by atoms with Crippen LogP contribution in [0.2, 0.25) is 0 Å². The van der Waals surface area contributed by atoms with Crippen LogP contribution in [-0.4, -0.2) is 48.6 Å². The van der Waals surface area contributed by atoms with E-state index < -0.39 is 0 Å². The molecule has 2 rings (SSSR count). The molecule has 1 amide bonds. The normalized spacial score (nSPS) is 14.3. The smallest absolute Gasteiger partial charge is 0.241 e. The Kier molecular flexibility index (Phi) is 7.11. The van der Waals surface area contributed by atoms with Gasteiger partial charge < -0.3 is 20.1 Å². The van der Waals surface area contributed by atoms with Crippen LogP contribution in [0.5, 0.6) is 0 Å². The third kappa shape index (κ3) is 5.47. The first-order chi connectivity index (χ1) is 9.97. The highest BCUT2D eigenvalue weighted by molar-refractivity contribution is 14.0. The van der Waals surface area contributed by atoms with Crippen molar-refractivity contribution in [2.45, 2.75) is 39.3 Å². The van der Waals surface area contributed by atoms with E-state index in [-0.39, 0.29) is 36.4 Å². The van der Waals surface area contributed by atoms with Crippen LogP contribution in [0.4, 0.5) is 0 Å². The molecule has 1 heterocycles. The number of carbonyl (C=O) groups is 1. The minimum Gasteiger partial charge on any atom is -0.361 e. The summed E-state index contributed by atoms with van der Waals surface area (Å²) in [6.45, 7) is 4.49. The maximum absolute atomic E-state index is 11.6. The molecule has 0 aliphatic heterocycles. The van der Waals surface area contributed by atoms with E-state index in [1.54, 1.807) is 19.0 Å². The van der Waals surface area contributed by atoms with Crippen LogP contribution in [0.1, 0.15) is 29.9 Å². The number of guanidine groups is 1. The molecule has 0 aromatic carbocycles.